The van der Waals surface area contributed by atoms with Gasteiger partial charge in [-0.05, 0) is 52.1 Å². The summed E-state index contributed by atoms with van der Waals surface area (Å²) < 4.78 is 10.2. The van der Waals surface area contributed by atoms with Crippen molar-refractivity contribution >= 4 is 35.5 Å². The van der Waals surface area contributed by atoms with Crippen molar-refractivity contribution in [1.29, 1.82) is 0 Å². The number of hydroxylamine groups is 2. The second-order valence-electron chi connectivity index (χ2n) is 11.9. The van der Waals surface area contributed by atoms with Crippen molar-refractivity contribution < 1.29 is 38.6 Å². The molecule has 0 aromatic heterocycles. The first-order valence-electron chi connectivity index (χ1n) is 16.8. The smallest absolute Gasteiger partial charge is 0.334 e. The first-order chi connectivity index (χ1) is 25.3. The zero-order valence-electron chi connectivity index (χ0n) is 29.1. The molecule has 4 aromatic carbocycles. The number of carbonyl (C=O) groups is 4. The van der Waals surface area contributed by atoms with Gasteiger partial charge in [0.05, 0.1) is 37.6 Å². The second-order valence-corrected chi connectivity index (χ2v) is 13.2. The zero-order valence-corrected chi connectivity index (χ0v) is 29.9. The Labute approximate surface area is 307 Å². The van der Waals surface area contributed by atoms with Crippen LogP contribution in [-0.4, -0.2) is 53.8 Å². The van der Waals surface area contributed by atoms with Crippen LogP contribution in [-0.2, 0) is 41.9 Å². The molecule has 0 saturated carbocycles. The number of amides is 3. The number of aliphatic hydroxyl groups is 1. The van der Waals surface area contributed by atoms with E-state index in [-0.39, 0.29) is 44.0 Å². The molecule has 0 spiro atoms. The minimum Gasteiger partial charge on any atom is -0.497 e. The zero-order chi connectivity index (χ0) is 36.9. The molecule has 5 rings (SSSR count). The van der Waals surface area contributed by atoms with Gasteiger partial charge in [0.2, 0.25) is 5.91 Å². The highest BCUT2D eigenvalue weighted by Gasteiger charge is 2.38. The molecule has 3 amide bonds. The van der Waals surface area contributed by atoms with Gasteiger partial charge in [-0.3, -0.25) is 14.4 Å². The Balaban J connectivity index is 1.47. The fourth-order valence-electron chi connectivity index (χ4n) is 5.76. The number of ether oxygens (including phenoxy) is 2. The molecule has 0 aliphatic carbocycles. The number of hydrogen-bond acceptors (Lipinski definition) is 9. The molecule has 1 aliphatic heterocycles. The SMILES string of the molecule is COc1ccc(C(SCCC(=O)ON2C(=O)CCC2=O)(c2ccc(CO)cc2)c2ccc(OC)c(C#CCCC(=O)NCc3ccccc3)c2)cc1. The summed E-state index contributed by atoms with van der Waals surface area (Å²) in [6.45, 7) is 0.314. The molecule has 11 heteroatoms. The van der Waals surface area contributed by atoms with E-state index in [1.807, 2.05) is 97.1 Å². The van der Waals surface area contributed by atoms with Crippen molar-refractivity contribution in [2.45, 2.75) is 50.0 Å². The molecule has 1 heterocycles. The third-order valence-electron chi connectivity index (χ3n) is 8.50. The first-order valence-corrected chi connectivity index (χ1v) is 17.8. The Bertz CT molecular complexity index is 1870. The van der Waals surface area contributed by atoms with Crippen molar-refractivity contribution in [2.24, 2.45) is 0 Å². The fraction of sp³-hybridized carbons (Fsp3) is 0.268. The average Bonchev–Trinajstić information content (AvgIpc) is 3.50. The fourth-order valence-corrected chi connectivity index (χ4v) is 7.23. The number of benzene rings is 4. The molecule has 1 atom stereocenters. The van der Waals surface area contributed by atoms with Crippen LogP contribution in [0.1, 0.15) is 65.5 Å². The van der Waals surface area contributed by atoms with E-state index in [1.54, 1.807) is 14.2 Å². The molecule has 1 fully saturated rings. The molecule has 2 N–H and O–H groups in total. The number of aliphatic hydroxyl groups excluding tert-OH is 1. The Morgan fingerprint density at radius 3 is 2.12 bits per heavy atom. The Morgan fingerprint density at radius 1 is 0.827 bits per heavy atom. The van der Waals surface area contributed by atoms with Gasteiger partial charge in [-0.15, -0.1) is 16.8 Å². The minimum absolute atomic E-state index is 0.00936. The lowest BCUT2D eigenvalue weighted by Gasteiger charge is -2.36. The molecule has 1 aliphatic rings. The Morgan fingerprint density at radius 2 is 1.48 bits per heavy atom. The molecule has 1 unspecified atom stereocenters. The predicted molar refractivity (Wildman–Crippen MR) is 197 cm³/mol. The van der Waals surface area contributed by atoms with Gasteiger partial charge in [0.25, 0.3) is 11.8 Å². The van der Waals surface area contributed by atoms with E-state index >= 15 is 0 Å². The van der Waals surface area contributed by atoms with Crippen LogP contribution in [0.4, 0.5) is 0 Å². The van der Waals surface area contributed by atoms with E-state index < -0.39 is 22.5 Å². The topological polar surface area (TPSA) is 131 Å². The second kappa shape index (κ2) is 18.1. The van der Waals surface area contributed by atoms with Crippen LogP contribution in [0.5, 0.6) is 11.5 Å². The van der Waals surface area contributed by atoms with Crippen LogP contribution >= 0.6 is 11.8 Å². The summed E-state index contributed by atoms with van der Waals surface area (Å²) in [5.74, 6) is 5.91. The van der Waals surface area contributed by atoms with Gasteiger partial charge in [0.1, 0.15) is 11.5 Å². The molecular weight excluding hydrogens is 681 g/mol. The van der Waals surface area contributed by atoms with Gasteiger partial charge in [-0.1, -0.05) is 84.6 Å². The van der Waals surface area contributed by atoms with Crippen molar-refractivity contribution in [1.82, 2.24) is 10.4 Å². The summed E-state index contributed by atoms with van der Waals surface area (Å²) in [7, 11) is 3.16. The van der Waals surface area contributed by atoms with E-state index in [4.69, 9.17) is 14.3 Å². The van der Waals surface area contributed by atoms with Crippen molar-refractivity contribution in [3.63, 3.8) is 0 Å². The first kappa shape index (κ1) is 37.7. The van der Waals surface area contributed by atoms with E-state index in [9.17, 15) is 24.3 Å². The van der Waals surface area contributed by atoms with Gasteiger partial charge in [0.15, 0.2) is 0 Å². The summed E-state index contributed by atoms with van der Waals surface area (Å²) in [6.07, 6.45) is 0.489. The van der Waals surface area contributed by atoms with Gasteiger partial charge in [0, 0.05) is 38.0 Å². The number of nitrogens with zero attached hydrogens (tertiary/aromatic N) is 1. The van der Waals surface area contributed by atoms with Gasteiger partial charge in [-0.25, -0.2) is 4.79 Å². The number of imide groups is 1. The molecule has 4 aromatic rings. The van der Waals surface area contributed by atoms with E-state index in [0.29, 0.717) is 35.1 Å². The largest absolute Gasteiger partial charge is 0.497 e. The molecule has 0 bridgehead atoms. The average molecular weight is 721 g/mol. The molecule has 1 saturated heterocycles. The van der Waals surface area contributed by atoms with Crippen LogP contribution in [0.2, 0.25) is 0 Å². The lowest BCUT2D eigenvalue weighted by atomic mass is 9.83. The highest BCUT2D eigenvalue weighted by Crippen LogP contribution is 2.50. The number of nitrogens with one attached hydrogen (secondary N) is 1. The summed E-state index contributed by atoms with van der Waals surface area (Å²) in [5.41, 5.74) is 4.91. The van der Waals surface area contributed by atoms with Crippen LogP contribution in [0.15, 0.2) is 97.1 Å². The molecule has 52 heavy (non-hydrogen) atoms. The van der Waals surface area contributed by atoms with Crippen LogP contribution in [0, 0.1) is 11.8 Å². The van der Waals surface area contributed by atoms with Crippen molar-refractivity contribution in [2.75, 3.05) is 20.0 Å². The number of rotatable bonds is 15. The van der Waals surface area contributed by atoms with Gasteiger partial charge >= 0.3 is 5.97 Å². The maximum atomic E-state index is 12.9. The van der Waals surface area contributed by atoms with E-state index in [0.717, 1.165) is 27.8 Å². The van der Waals surface area contributed by atoms with Crippen molar-refractivity contribution in [3.05, 3.63) is 130 Å². The third kappa shape index (κ3) is 9.20. The maximum Gasteiger partial charge on any atom is 0.334 e. The molecule has 10 nitrogen and oxygen atoms in total. The summed E-state index contributed by atoms with van der Waals surface area (Å²) >= 11 is 1.47. The summed E-state index contributed by atoms with van der Waals surface area (Å²) in [4.78, 5) is 54.7. The quantitative estimate of drug-likeness (QED) is 0.0907. The van der Waals surface area contributed by atoms with Crippen LogP contribution in [0.25, 0.3) is 0 Å². The van der Waals surface area contributed by atoms with E-state index in [1.165, 1.54) is 11.8 Å². The molecular formula is C41H40N2O8S. The standard InChI is InChI=1S/C41H40N2O8S/c1-49-35-19-16-33(17-20-35)41(32-14-12-30(28-44)13-15-32,52-25-24-40(48)51-43-38(46)22-23-39(43)47)34-18-21-36(50-2)31(26-34)10-6-7-11-37(45)42-27-29-8-4-3-5-9-29/h3-5,8-9,12-21,26,44H,7,11,22-25,27-28H2,1-2H3,(H,42,45). The van der Waals surface area contributed by atoms with E-state index in [2.05, 4.69) is 17.2 Å². The Kier molecular flexibility index (Phi) is 13.1. The lowest BCUT2D eigenvalue weighted by Crippen LogP contribution is -2.32. The lowest BCUT2D eigenvalue weighted by molar-refractivity contribution is -0.197. The molecule has 268 valence electrons. The molecule has 0 radical (unpaired) electrons. The normalized spacial score (nSPS) is 13.5. The monoisotopic (exact) mass is 720 g/mol. The van der Waals surface area contributed by atoms with Crippen LogP contribution < -0.4 is 14.8 Å². The minimum atomic E-state index is -0.931. The van der Waals surface area contributed by atoms with Gasteiger partial charge < -0.3 is 24.7 Å². The number of hydrogen-bond donors (Lipinski definition) is 2. The van der Waals surface area contributed by atoms with Gasteiger partial charge in [-0.2, -0.15) is 0 Å². The number of carbonyl (C=O) groups excluding carboxylic acids is 4. The highest BCUT2D eigenvalue weighted by molar-refractivity contribution is 8.00. The third-order valence-corrected chi connectivity index (χ3v) is 10.1. The van der Waals surface area contributed by atoms with Crippen LogP contribution in [0.3, 0.4) is 0 Å². The number of thioether (sulfide) groups is 1. The summed E-state index contributed by atoms with van der Waals surface area (Å²) in [6, 6.07) is 30.6. The van der Waals surface area contributed by atoms with Crippen molar-refractivity contribution in [3.8, 4) is 23.3 Å². The Hall–Kier alpha value is -5.57. The summed E-state index contributed by atoms with van der Waals surface area (Å²) in [5, 5.41) is 13.3. The number of methoxy groups -OCH3 is 2. The highest BCUT2D eigenvalue weighted by atomic mass is 32.2. The predicted octanol–water partition coefficient (Wildman–Crippen LogP) is 5.67. The maximum absolute atomic E-state index is 12.9.